The van der Waals surface area contributed by atoms with Crippen LogP contribution in [0.25, 0.3) is 0 Å². The van der Waals surface area contributed by atoms with Gasteiger partial charge in [0.1, 0.15) is 5.69 Å². The average Bonchev–Trinajstić information content (AvgIpc) is 2.74. The van der Waals surface area contributed by atoms with Crippen LogP contribution in [0.3, 0.4) is 0 Å². The summed E-state index contributed by atoms with van der Waals surface area (Å²) < 4.78 is 0. The highest BCUT2D eigenvalue weighted by atomic mass is 16.2. The number of carbonyl (C=O) groups is 2. The molecule has 5 heteroatoms. The van der Waals surface area contributed by atoms with Crippen molar-refractivity contribution < 1.29 is 9.59 Å². The number of rotatable bonds is 7. The second kappa shape index (κ2) is 9.46. The van der Waals surface area contributed by atoms with Crippen LogP contribution in [0.1, 0.15) is 37.5 Å². The summed E-state index contributed by atoms with van der Waals surface area (Å²) in [5.41, 5.74) is 3.99. The number of nitrogens with one attached hydrogen (secondary N) is 2. The molecule has 2 aromatic carbocycles. The molecule has 1 heterocycles. The molecular formula is C23H23N3O2. The summed E-state index contributed by atoms with van der Waals surface area (Å²) in [6.07, 6.45) is 2.22. The first-order chi connectivity index (χ1) is 13.6. The van der Waals surface area contributed by atoms with E-state index in [4.69, 9.17) is 0 Å². The molecule has 0 atom stereocenters. The zero-order valence-electron chi connectivity index (χ0n) is 15.8. The second-order valence-corrected chi connectivity index (χ2v) is 6.59. The number of carbonyl (C=O) groups excluding carboxylic acids is 2. The summed E-state index contributed by atoms with van der Waals surface area (Å²) in [5, 5.41) is 5.71. The van der Waals surface area contributed by atoms with Crippen LogP contribution in [0, 0.1) is 6.92 Å². The van der Waals surface area contributed by atoms with Gasteiger partial charge in [0.2, 0.25) is 0 Å². The Balaban J connectivity index is 1.54. The predicted molar refractivity (Wildman–Crippen MR) is 109 cm³/mol. The van der Waals surface area contributed by atoms with Gasteiger partial charge >= 0.3 is 0 Å². The number of hydrogen-bond donors (Lipinski definition) is 2. The van der Waals surface area contributed by atoms with Gasteiger partial charge in [0.25, 0.3) is 11.8 Å². The largest absolute Gasteiger partial charge is 0.350 e. The van der Waals surface area contributed by atoms with Crippen LogP contribution in [0.2, 0.25) is 0 Å². The fourth-order valence-corrected chi connectivity index (χ4v) is 2.74. The van der Waals surface area contributed by atoms with Gasteiger partial charge in [-0.2, -0.15) is 0 Å². The van der Waals surface area contributed by atoms with E-state index in [9.17, 15) is 9.59 Å². The van der Waals surface area contributed by atoms with E-state index in [0.29, 0.717) is 18.7 Å². The minimum atomic E-state index is -0.288. The third-order valence-corrected chi connectivity index (χ3v) is 4.37. The second-order valence-electron chi connectivity index (χ2n) is 6.59. The van der Waals surface area contributed by atoms with Crippen molar-refractivity contribution in [3.8, 4) is 0 Å². The first-order valence-corrected chi connectivity index (χ1v) is 9.24. The van der Waals surface area contributed by atoms with Crippen molar-refractivity contribution in [1.29, 1.82) is 0 Å². The molecule has 3 rings (SSSR count). The molecule has 0 spiro atoms. The van der Waals surface area contributed by atoms with Crippen LogP contribution in [0.5, 0.6) is 0 Å². The Kier molecular flexibility index (Phi) is 6.52. The van der Waals surface area contributed by atoms with Crippen LogP contribution < -0.4 is 10.6 Å². The van der Waals surface area contributed by atoms with Crippen LogP contribution >= 0.6 is 0 Å². The lowest BCUT2D eigenvalue weighted by Crippen LogP contribution is -2.27. The molecule has 142 valence electrons. The van der Waals surface area contributed by atoms with Crippen LogP contribution in [0.15, 0.2) is 72.9 Å². The third kappa shape index (κ3) is 5.51. The van der Waals surface area contributed by atoms with Crippen LogP contribution in [0.4, 0.5) is 0 Å². The topological polar surface area (TPSA) is 71.1 Å². The van der Waals surface area contributed by atoms with Gasteiger partial charge < -0.3 is 10.6 Å². The van der Waals surface area contributed by atoms with E-state index in [1.165, 1.54) is 17.8 Å². The lowest BCUT2D eigenvalue weighted by molar-refractivity contribution is 0.0949. The molecule has 5 nitrogen and oxygen atoms in total. The molecule has 0 unspecified atom stereocenters. The zero-order valence-corrected chi connectivity index (χ0v) is 15.8. The molecule has 3 aromatic rings. The average molecular weight is 373 g/mol. The minimum absolute atomic E-state index is 0.232. The van der Waals surface area contributed by atoms with Gasteiger partial charge in [-0.05, 0) is 36.6 Å². The summed E-state index contributed by atoms with van der Waals surface area (Å²) in [4.78, 5) is 28.8. The Bertz CT molecular complexity index is 938. The maximum absolute atomic E-state index is 12.4. The van der Waals surface area contributed by atoms with Crippen LogP contribution in [-0.4, -0.2) is 23.3 Å². The summed E-state index contributed by atoms with van der Waals surface area (Å²) in [7, 11) is 0. The monoisotopic (exact) mass is 373 g/mol. The molecule has 0 bridgehead atoms. The zero-order chi connectivity index (χ0) is 19.8. The standard InChI is InChI=1S/C23H23N3O2/c1-17-7-9-19(10-8-17)16-26-22(27)20-12-14-24-21(15-20)23(28)25-13-11-18-5-3-2-4-6-18/h2-10,12,14-15H,11,13,16H2,1H3,(H,25,28)(H,26,27). The maximum Gasteiger partial charge on any atom is 0.269 e. The normalized spacial score (nSPS) is 10.3. The first kappa shape index (κ1) is 19.3. The molecule has 0 radical (unpaired) electrons. The van der Waals surface area contributed by atoms with Crippen molar-refractivity contribution in [3.05, 3.63) is 101 Å². The fourth-order valence-electron chi connectivity index (χ4n) is 2.74. The predicted octanol–water partition coefficient (Wildman–Crippen LogP) is 3.29. The highest BCUT2D eigenvalue weighted by Gasteiger charge is 2.11. The van der Waals surface area contributed by atoms with Crippen LogP contribution in [-0.2, 0) is 13.0 Å². The number of pyridine rings is 1. The molecular weight excluding hydrogens is 350 g/mol. The molecule has 0 fully saturated rings. The number of hydrogen-bond acceptors (Lipinski definition) is 3. The Morgan fingerprint density at radius 1 is 0.857 bits per heavy atom. The highest BCUT2D eigenvalue weighted by molar-refractivity contribution is 5.98. The van der Waals surface area contributed by atoms with Gasteiger partial charge in [-0.3, -0.25) is 14.6 Å². The molecule has 0 saturated carbocycles. The summed E-state index contributed by atoms with van der Waals surface area (Å²) >= 11 is 0. The van der Waals surface area contributed by atoms with Crippen molar-refractivity contribution in [1.82, 2.24) is 15.6 Å². The number of aromatic nitrogens is 1. The Morgan fingerprint density at radius 2 is 1.61 bits per heavy atom. The summed E-state index contributed by atoms with van der Waals surface area (Å²) in [6, 6.07) is 21.0. The van der Waals surface area contributed by atoms with Crippen molar-refractivity contribution >= 4 is 11.8 Å². The molecule has 0 saturated heterocycles. The summed E-state index contributed by atoms with van der Waals surface area (Å²) in [6.45, 7) is 2.96. The van der Waals surface area contributed by atoms with Gasteiger partial charge in [-0.15, -0.1) is 0 Å². The minimum Gasteiger partial charge on any atom is -0.350 e. The maximum atomic E-state index is 12.4. The number of nitrogens with zero attached hydrogens (tertiary/aromatic N) is 1. The molecule has 0 aliphatic rings. The van der Waals surface area contributed by atoms with E-state index in [-0.39, 0.29) is 17.5 Å². The smallest absolute Gasteiger partial charge is 0.269 e. The van der Waals surface area contributed by atoms with Crippen molar-refractivity contribution in [2.24, 2.45) is 0 Å². The van der Waals surface area contributed by atoms with Gasteiger partial charge in [-0.25, -0.2) is 0 Å². The molecule has 28 heavy (non-hydrogen) atoms. The SMILES string of the molecule is Cc1ccc(CNC(=O)c2ccnc(C(=O)NCCc3ccccc3)c2)cc1. The van der Waals surface area contributed by atoms with E-state index in [0.717, 1.165) is 17.5 Å². The summed E-state index contributed by atoms with van der Waals surface area (Å²) in [5.74, 6) is -0.523. The van der Waals surface area contributed by atoms with Gasteiger partial charge in [0.05, 0.1) is 0 Å². The lowest BCUT2D eigenvalue weighted by atomic mass is 10.1. The molecule has 2 amide bonds. The number of amides is 2. The van der Waals surface area contributed by atoms with Crippen molar-refractivity contribution in [3.63, 3.8) is 0 Å². The van der Waals surface area contributed by atoms with E-state index in [1.807, 2.05) is 61.5 Å². The van der Waals surface area contributed by atoms with E-state index in [1.54, 1.807) is 6.07 Å². The molecule has 2 N–H and O–H groups in total. The number of aryl methyl sites for hydroxylation is 1. The Labute approximate surface area is 164 Å². The van der Waals surface area contributed by atoms with E-state index >= 15 is 0 Å². The van der Waals surface area contributed by atoms with Crippen molar-refractivity contribution in [2.45, 2.75) is 19.9 Å². The third-order valence-electron chi connectivity index (χ3n) is 4.37. The quantitative estimate of drug-likeness (QED) is 0.668. The Hall–Kier alpha value is -3.47. The lowest BCUT2D eigenvalue weighted by Gasteiger charge is -2.08. The van der Waals surface area contributed by atoms with Gasteiger partial charge in [0.15, 0.2) is 0 Å². The molecule has 1 aromatic heterocycles. The Morgan fingerprint density at radius 3 is 2.36 bits per heavy atom. The fraction of sp³-hybridized carbons (Fsp3) is 0.174. The molecule has 0 aliphatic carbocycles. The first-order valence-electron chi connectivity index (χ1n) is 9.24. The molecule has 0 aliphatic heterocycles. The van der Waals surface area contributed by atoms with Crippen molar-refractivity contribution in [2.75, 3.05) is 6.54 Å². The van der Waals surface area contributed by atoms with E-state index in [2.05, 4.69) is 15.6 Å². The van der Waals surface area contributed by atoms with Gasteiger partial charge in [-0.1, -0.05) is 60.2 Å². The highest BCUT2D eigenvalue weighted by Crippen LogP contribution is 2.06. The number of benzene rings is 2. The van der Waals surface area contributed by atoms with E-state index < -0.39 is 0 Å². The van der Waals surface area contributed by atoms with Gasteiger partial charge in [0, 0.05) is 24.8 Å².